The van der Waals surface area contributed by atoms with Crippen LogP contribution in [0.3, 0.4) is 0 Å². The van der Waals surface area contributed by atoms with Crippen LogP contribution in [0.4, 0.5) is 5.69 Å². The highest BCUT2D eigenvalue weighted by Gasteiger charge is 2.24. The minimum Gasteiger partial charge on any atom is -0.482 e. The second-order valence-electron chi connectivity index (χ2n) is 5.64. The van der Waals surface area contributed by atoms with E-state index in [4.69, 9.17) is 4.74 Å². The summed E-state index contributed by atoms with van der Waals surface area (Å²) in [5, 5.41) is 15.8. The minimum absolute atomic E-state index is 0.0501. The van der Waals surface area contributed by atoms with Crippen LogP contribution in [-0.4, -0.2) is 30.8 Å². The molecule has 3 N–H and O–H groups in total. The highest BCUT2D eigenvalue weighted by Crippen LogP contribution is 2.29. The van der Waals surface area contributed by atoms with Crippen LogP contribution >= 0.6 is 0 Å². The topological polar surface area (TPSA) is 70.6 Å². The summed E-state index contributed by atoms with van der Waals surface area (Å²) in [6, 6.07) is 5.80. The summed E-state index contributed by atoms with van der Waals surface area (Å²) in [5.74, 6) is 0.592. The van der Waals surface area contributed by atoms with Crippen LogP contribution < -0.4 is 15.4 Å². The van der Waals surface area contributed by atoms with E-state index < -0.39 is 0 Å². The van der Waals surface area contributed by atoms with Gasteiger partial charge in [-0.05, 0) is 30.5 Å². The molecule has 116 valence electrons. The SMILES string of the molecule is CCC(CC)(CO)CNCc1ccc2c(c1)NC(=O)CO2. The lowest BCUT2D eigenvalue weighted by Gasteiger charge is -2.29. The molecular formula is C16H24N2O3. The first-order valence-corrected chi connectivity index (χ1v) is 7.49. The van der Waals surface area contributed by atoms with Crippen LogP contribution in [0.1, 0.15) is 32.3 Å². The van der Waals surface area contributed by atoms with Crippen LogP contribution in [0, 0.1) is 5.41 Å². The monoisotopic (exact) mass is 292 g/mol. The largest absolute Gasteiger partial charge is 0.482 e. The Labute approximate surface area is 125 Å². The Kier molecular flexibility index (Phi) is 5.20. The molecule has 5 nitrogen and oxygen atoms in total. The van der Waals surface area contributed by atoms with Gasteiger partial charge in [0.1, 0.15) is 5.75 Å². The van der Waals surface area contributed by atoms with Crippen LogP contribution in [0.25, 0.3) is 0 Å². The van der Waals surface area contributed by atoms with E-state index in [0.717, 1.165) is 30.6 Å². The number of nitrogens with one attached hydrogen (secondary N) is 2. The van der Waals surface area contributed by atoms with Gasteiger partial charge in [0.15, 0.2) is 6.61 Å². The van der Waals surface area contributed by atoms with Crippen molar-refractivity contribution in [3.63, 3.8) is 0 Å². The second kappa shape index (κ2) is 6.91. The van der Waals surface area contributed by atoms with E-state index in [0.29, 0.717) is 12.3 Å². The number of rotatable bonds is 7. The number of carbonyl (C=O) groups is 1. The summed E-state index contributed by atoms with van der Waals surface area (Å²) >= 11 is 0. The predicted octanol–water partition coefficient (Wildman–Crippen LogP) is 1.91. The van der Waals surface area contributed by atoms with Gasteiger partial charge in [-0.1, -0.05) is 19.9 Å². The van der Waals surface area contributed by atoms with Gasteiger partial charge in [-0.25, -0.2) is 0 Å². The molecule has 0 saturated heterocycles. The van der Waals surface area contributed by atoms with E-state index >= 15 is 0 Å². The quantitative estimate of drug-likeness (QED) is 0.718. The molecule has 21 heavy (non-hydrogen) atoms. The first-order valence-electron chi connectivity index (χ1n) is 7.49. The number of ether oxygens (including phenoxy) is 1. The molecule has 1 aromatic carbocycles. The van der Waals surface area contributed by atoms with Gasteiger partial charge in [0, 0.05) is 25.1 Å². The summed E-state index contributed by atoms with van der Waals surface area (Å²) < 4.78 is 5.34. The standard InChI is InChI=1S/C16H24N2O3/c1-3-16(4-2,11-19)10-17-8-12-5-6-14-13(7-12)18-15(20)9-21-14/h5-7,17,19H,3-4,8-11H2,1-2H3,(H,18,20). The summed E-state index contributed by atoms with van der Waals surface area (Å²) in [7, 11) is 0. The number of aliphatic hydroxyl groups is 1. The molecule has 0 aromatic heterocycles. The molecule has 0 fully saturated rings. The third-order valence-electron chi connectivity index (χ3n) is 4.34. The van der Waals surface area contributed by atoms with Gasteiger partial charge < -0.3 is 20.5 Å². The second-order valence-corrected chi connectivity index (χ2v) is 5.64. The highest BCUT2D eigenvalue weighted by atomic mass is 16.5. The molecule has 1 aliphatic rings. The van der Waals surface area contributed by atoms with E-state index in [1.165, 1.54) is 0 Å². The van der Waals surface area contributed by atoms with Crippen molar-refractivity contribution in [2.24, 2.45) is 5.41 Å². The molecule has 1 aromatic rings. The fourth-order valence-electron chi connectivity index (χ4n) is 2.49. The fraction of sp³-hybridized carbons (Fsp3) is 0.562. The number of hydrogen-bond acceptors (Lipinski definition) is 4. The van der Waals surface area contributed by atoms with Crippen molar-refractivity contribution in [1.29, 1.82) is 0 Å². The van der Waals surface area contributed by atoms with Crippen molar-refractivity contribution >= 4 is 11.6 Å². The van der Waals surface area contributed by atoms with Crippen molar-refractivity contribution < 1.29 is 14.6 Å². The zero-order valence-corrected chi connectivity index (χ0v) is 12.7. The van der Waals surface area contributed by atoms with Gasteiger partial charge in [-0.3, -0.25) is 4.79 Å². The van der Waals surface area contributed by atoms with Gasteiger partial charge in [0.05, 0.1) is 5.69 Å². The zero-order chi connectivity index (χ0) is 15.3. The van der Waals surface area contributed by atoms with Crippen molar-refractivity contribution in [1.82, 2.24) is 5.32 Å². The number of amides is 1. The number of anilines is 1. The van der Waals surface area contributed by atoms with E-state index in [1.54, 1.807) is 0 Å². The van der Waals surface area contributed by atoms with E-state index in [9.17, 15) is 9.90 Å². The maximum absolute atomic E-state index is 11.3. The van der Waals surface area contributed by atoms with E-state index in [2.05, 4.69) is 24.5 Å². The molecule has 1 amide bonds. The first-order chi connectivity index (χ1) is 10.1. The third-order valence-corrected chi connectivity index (χ3v) is 4.34. The molecule has 0 saturated carbocycles. The molecular weight excluding hydrogens is 268 g/mol. The van der Waals surface area contributed by atoms with Crippen LogP contribution in [0.15, 0.2) is 18.2 Å². The Hall–Kier alpha value is -1.59. The van der Waals surface area contributed by atoms with E-state index in [1.807, 2.05) is 18.2 Å². The molecule has 1 aliphatic heterocycles. The average molecular weight is 292 g/mol. The lowest BCUT2D eigenvalue weighted by molar-refractivity contribution is -0.118. The van der Waals surface area contributed by atoms with Gasteiger partial charge in [-0.2, -0.15) is 0 Å². The molecule has 0 spiro atoms. The predicted molar refractivity (Wildman–Crippen MR) is 82.4 cm³/mol. The Morgan fingerprint density at radius 3 is 2.81 bits per heavy atom. The number of hydrogen-bond donors (Lipinski definition) is 3. The molecule has 0 bridgehead atoms. The number of benzene rings is 1. The lowest BCUT2D eigenvalue weighted by Crippen LogP contribution is -2.36. The molecule has 1 heterocycles. The lowest BCUT2D eigenvalue weighted by atomic mass is 9.83. The van der Waals surface area contributed by atoms with Crippen molar-refractivity contribution in [3.8, 4) is 5.75 Å². The Bertz CT molecular complexity index is 490. The molecule has 0 aliphatic carbocycles. The Morgan fingerprint density at radius 2 is 2.14 bits per heavy atom. The average Bonchev–Trinajstić information content (AvgIpc) is 2.51. The number of fused-ring (bicyclic) bond motifs is 1. The molecule has 5 heteroatoms. The smallest absolute Gasteiger partial charge is 0.262 e. The van der Waals surface area contributed by atoms with Gasteiger partial charge in [-0.15, -0.1) is 0 Å². The molecule has 2 rings (SSSR count). The van der Waals surface area contributed by atoms with Crippen LogP contribution in [-0.2, 0) is 11.3 Å². The zero-order valence-electron chi connectivity index (χ0n) is 12.7. The summed E-state index contributed by atoms with van der Waals surface area (Å²) in [6.07, 6.45) is 1.89. The Morgan fingerprint density at radius 1 is 1.38 bits per heavy atom. The van der Waals surface area contributed by atoms with Gasteiger partial charge in [0.2, 0.25) is 0 Å². The fourth-order valence-corrected chi connectivity index (χ4v) is 2.49. The van der Waals surface area contributed by atoms with Gasteiger partial charge >= 0.3 is 0 Å². The molecule has 0 unspecified atom stereocenters. The Balaban J connectivity index is 1.95. The van der Waals surface area contributed by atoms with Crippen LogP contribution in [0.2, 0.25) is 0 Å². The number of aliphatic hydroxyl groups excluding tert-OH is 1. The third kappa shape index (κ3) is 3.74. The maximum Gasteiger partial charge on any atom is 0.262 e. The van der Waals surface area contributed by atoms with Gasteiger partial charge in [0.25, 0.3) is 5.91 Å². The molecule has 0 atom stereocenters. The van der Waals surface area contributed by atoms with E-state index in [-0.39, 0.29) is 24.5 Å². The normalized spacial score (nSPS) is 14.3. The van der Waals surface area contributed by atoms with Crippen molar-refractivity contribution in [2.45, 2.75) is 33.2 Å². The summed E-state index contributed by atoms with van der Waals surface area (Å²) in [6.45, 7) is 5.96. The van der Waals surface area contributed by atoms with Crippen molar-refractivity contribution in [2.75, 3.05) is 25.1 Å². The number of carbonyl (C=O) groups excluding carboxylic acids is 1. The highest BCUT2D eigenvalue weighted by molar-refractivity contribution is 5.95. The summed E-state index contributed by atoms with van der Waals surface area (Å²) in [5.41, 5.74) is 1.76. The molecule has 0 radical (unpaired) electrons. The first kappa shape index (κ1) is 15.8. The summed E-state index contributed by atoms with van der Waals surface area (Å²) in [4.78, 5) is 11.3. The maximum atomic E-state index is 11.3. The van der Waals surface area contributed by atoms with Crippen LogP contribution in [0.5, 0.6) is 5.75 Å². The minimum atomic E-state index is -0.121. The van der Waals surface area contributed by atoms with Crippen molar-refractivity contribution in [3.05, 3.63) is 23.8 Å².